The minimum Gasteiger partial charge on any atom is -0.378 e. The molecule has 1 aliphatic rings. The van der Waals surface area contributed by atoms with Crippen LogP contribution in [0.1, 0.15) is 27.0 Å². The molecule has 6 heteroatoms. The summed E-state index contributed by atoms with van der Waals surface area (Å²) in [5.41, 5.74) is 3.31. The normalized spacial score (nSPS) is 15.1. The van der Waals surface area contributed by atoms with E-state index in [4.69, 9.17) is 4.74 Å². The van der Waals surface area contributed by atoms with Crippen LogP contribution in [0, 0.1) is 25.6 Å². The summed E-state index contributed by atoms with van der Waals surface area (Å²) in [5.74, 6) is -1.05. The summed E-state index contributed by atoms with van der Waals surface area (Å²) < 4.78 is 18.9. The number of nitrogens with zero attached hydrogens (tertiary/aromatic N) is 1. The zero-order chi connectivity index (χ0) is 20.8. The lowest BCUT2D eigenvalue weighted by Gasteiger charge is -2.30. The van der Waals surface area contributed by atoms with Crippen molar-refractivity contribution in [3.8, 4) is 0 Å². The molecule has 1 saturated heterocycles. The topological polar surface area (TPSA) is 58.6 Å². The lowest BCUT2D eigenvalue weighted by atomic mass is 9.97. The van der Waals surface area contributed by atoms with E-state index < -0.39 is 5.92 Å². The Labute approximate surface area is 170 Å². The molecule has 0 unspecified atom stereocenters. The predicted octanol–water partition coefficient (Wildman–Crippen LogP) is 2.89. The fourth-order valence-electron chi connectivity index (χ4n) is 3.62. The summed E-state index contributed by atoms with van der Waals surface area (Å²) in [6.07, 6.45) is 0.362. The number of nitrogens with one attached hydrogen (secondary N) is 1. The number of rotatable bonds is 6. The fraction of sp³-hybridized carbons (Fsp3) is 0.391. The van der Waals surface area contributed by atoms with Gasteiger partial charge >= 0.3 is 0 Å². The van der Waals surface area contributed by atoms with Gasteiger partial charge in [-0.2, -0.15) is 0 Å². The molecule has 3 rings (SSSR count). The van der Waals surface area contributed by atoms with Gasteiger partial charge in [0.05, 0.1) is 19.1 Å². The van der Waals surface area contributed by atoms with E-state index in [0.29, 0.717) is 38.3 Å². The number of aryl methyl sites for hydroxylation is 2. The molecule has 0 aliphatic carbocycles. The van der Waals surface area contributed by atoms with Crippen molar-refractivity contribution in [1.29, 1.82) is 0 Å². The predicted molar refractivity (Wildman–Crippen MR) is 109 cm³/mol. The van der Waals surface area contributed by atoms with Gasteiger partial charge < -0.3 is 15.0 Å². The lowest BCUT2D eigenvalue weighted by Crippen LogP contribution is -2.47. The molecular formula is C23H27FN2O3. The average molecular weight is 398 g/mol. The summed E-state index contributed by atoms with van der Waals surface area (Å²) in [6.45, 7) is 6.14. The molecule has 1 atom stereocenters. The first-order chi connectivity index (χ1) is 13.9. The first-order valence-corrected chi connectivity index (χ1v) is 9.90. The van der Waals surface area contributed by atoms with E-state index in [1.807, 2.05) is 26.0 Å². The van der Waals surface area contributed by atoms with E-state index in [1.54, 1.807) is 23.1 Å². The van der Waals surface area contributed by atoms with Gasteiger partial charge in [0.25, 0.3) is 5.91 Å². The molecule has 2 amide bonds. The second-order valence-electron chi connectivity index (χ2n) is 7.50. The van der Waals surface area contributed by atoms with Crippen LogP contribution in [0.15, 0.2) is 42.5 Å². The molecule has 1 N–H and O–H groups in total. The zero-order valence-corrected chi connectivity index (χ0v) is 16.9. The van der Waals surface area contributed by atoms with E-state index in [0.717, 1.165) is 16.7 Å². The van der Waals surface area contributed by atoms with Gasteiger partial charge in [0, 0.05) is 25.2 Å². The molecule has 0 spiro atoms. The van der Waals surface area contributed by atoms with Crippen molar-refractivity contribution in [3.05, 3.63) is 70.5 Å². The van der Waals surface area contributed by atoms with Gasteiger partial charge in [-0.05, 0) is 49.6 Å². The summed E-state index contributed by atoms with van der Waals surface area (Å²) in [6, 6.07) is 11.9. The Bertz CT molecular complexity index is 878. The molecule has 0 saturated carbocycles. The van der Waals surface area contributed by atoms with Gasteiger partial charge in [0.2, 0.25) is 5.91 Å². The van der Waals surface area contributed by atoms with Crippen LogP contribution in [0.3, 0.4) is 0 Å². The maximum atomic E-state index is 13.6. The van der Waals surface area contributed by atoms with Crippen molar-refractivity contribution < 1.29 is 18.7 Å². The van der Waals surface area contributed by atoms with Crippen LogP contribution < -0.4 is 5.32 Å². The molecule has 0 radical (unpaired) electrons. The molecule has 0 bridgehead atoms. The second-order valence-corrected chi connectivity index (χ2v) is 7.50. The van der Waals surface area contributed by atoms with Gasteiger partial charge in [-0.3, -0.25) is 9.59 Å². The van der Waals surface area contributed by atoms with E-state index in [2.05, 4.69) is 5.32 Å². The van der Waals surface area contributed by atoms with E-state index in [1.165, 1.54) is 12.1 Å². The fourth-order valence-corrected chi connectivity index (χ4v) is 3.62. The molecule has 2 aromatic rings. The Kier molecular flexibility index (Phi) is 6.99. The Hall–Kier alpha value is -2.73. The summed E-state index contributed by atoms with van der Waals surface area (Å²) in [4.78, 5) is 27.5. The highest BCUT2D eigenvalue weighted by Gasteiger charge is 2.27. The Morgan fingerprint density at radius 1 is 1.14 bits per heavy atom. The van der Waals surface area contributed by atoms with Crippen molar-refractivity contribution >= 4 is 11.8 Å². The van der Waals surface area contributed by atoms with Crippen LogP contribution in [0.4, 0.5) is 4.39 Å². The number of halogens is 1. The van der Waals surface area contributed by atoms with Crippen molar-refractivity contribution in [3.63, 3.8) is 0 Å². The third kappa shape index (κ3) is 5.64. The molecule has 0 aromatic heterocycles. The smallest absolute Gasteiger partial charge is 0.251 e. The van der Waals surface area contributed by atoms with Gasteiger partial charge in [-0.25, -0.2) is 4.39 Å². The molecule has 1 fully saturated rings. The third-order valence-electron chi connectivity index (χ3n) is 5.18. The van der Waals surface area contributed by atoms with Crippen LogP contribution in [0.25, 0.3) is 0 Å². The van der Waals surface area contributed by atoms with Crippen molar-refractivity contribution in [2.24, 2.45) is 5.92 Å². The Morgan fingerprint density at radius 2 is 1.90 bits per heavy atom. The number of hydrogen-bond acceptors (Lipinski definition) is 3. The van der Waals surface area contributed by atoms with Gasteiger partial charge in [-0.15, -0.1) is 0 Å². The Morgan fingerprint density at radius 3 is 2.59 bits per heavy atom. The quantitative estimate of drug-likeness (QED) is 0.814. The highest BCUT2D eigenvalue weighted by molar-refractivity contribution is 5.96. The van der Waals surface area contributed by atoms with Crippen molar-refractivity contribution in [2.75, 3.05) is 32.8 Å². The number of carbonyl (C=O) groups is 2. The van der Waals surface area contributed by atoms with Crippen LogP contribution in [0.2, 0.25) is 0 Å². The maximum Gasteiger partial charge on any atom is 0.251 e. The first kappa shape index (κ1) is 21.0. The number of hydrogen-bond donors (Lipinski definition) is 1. The highest BCUT2D eigenvalue weighted by atomic mass is 19.1. The van der Waals surface area contributed by atoms with Gasteiger partial charge in [0.1, 0.15) is 5.82 Å². The van der Waals surface area contributed by atoms with Gasteiger partial charge in [-0.1, -0.05) is 29.8 Å². The summed E-state index contributed by atoms with van der Waals surface area (Å²) in [5, 5.41) is 2.90. The average Bonchev–Trinajstić information content (AvgIpc) is 2.71. The van der Waals surface area contributed by atoms with Crippen molar-refractivity contribution in [2.45, 2.75) is 20.3 Å². The zero-order valence-electron chi connectivity index (χ0n) is 16.9. The highest BCUT2D eigenvalue weighted by Crippen LogP contribution is 2.15. The number of ether oxygens (including phenoxy) is 1. The van der Waals surface area contributed by atoms with Crippen LogP contribution in [-0.4, -0.2) is 49.6 Å². The minimum absolute atomic E-state index is 0.0431. The second kappa shape index (κ2) is 9.65. The lowest BCUT2D eigenvalue weighted by molar-refractivity contribution is -0.139. The molecule has 1 heterocycles. The number of morpholine rings is 1. The maximum absolute atomic E-state index is 13.6. The third-order valence-corrected chi connectivity index (χ3v) is 5.18. The van der Waals surface area contributed by atoms with Gasteiger partial charge in [0.15, 0.2) is 0 Å². The molecule has 5 nitrogen and oxygen atoms in total. The Balaban J connectivity index is 1.73. The summed E-state index contributed by atoms with van der Waals surface area (Å²) in [7, 11) is 0. The number of benzene rings is 2. The number of amides is 2. The minimum atomic E-state index is -0.468. The monoisotopic (exact) mass is 398 g/mol. The standard InChI is InChI=1S/C23H27FN2O3/c1-16-6-7-21(17(2)12-16)22(27)25-15-19(13-18-4-3-5-20(24)14-18)23(28)26-8-10-29-11-9-26/h3-7,12,14,19H,8-11,13,15H2,1-2H3,(H,25,27)/t19-/m0/s1. The SMILES string of the molecule is Cc1ccc(C(=O)NC[C@H](Cc2cccc(F)c2)C(=O)N2CCOCC2)c(C)c1. The summed E-state index contributed by atoms with van der Waals surface area (Å²) >= 11 is 0. The van der Waals surface area contributed by atoms with Crippen molar-refractivity contribution in [1.82, 2.24) is 10.2 Å². The van der Waals surface area contributed by atoms with E-state index in [-0.39, 0.29) is 24.2 Å². The van der Waals surface area contributed by atoms with Crippen LogP contribution >= 0.6 is 0 Å². The molecule has 2 aromatic carbocycles. The van der Waals surface area contributed by atoms with E-state index in [9.17, 15) is 14.0 Å². The number of carbonyl (C=O) groups excluding carboxylic acids is 2. The van der Waals surface area contributed by atoms with Crippen LogP contribution in [0.5, 0.6) is 0 Å². The van der Waals surface area contributed by atoms with Crippen LogP contribution in [-0.2, 0) is 16.0 Å². The molecule has 154 valence electrons. The largest absolute Gasteiger partial charge is 0.378 e. The molecular weight excluding hydrogens is 371 g/mol. The van der Waals surface area contributed by atoms with E-state index >= 15 is 0 Å². The molecule has 1 aliphatic heterocycles. The first-order valence-electron chi connectivity index (χ1n) is 9.90. The molecule has 29 heavy (non-hydrogen) atoms.